The van der Waals surface area contributed by atoms with Crippen LogP contribution in [0.5, 0.6) is 0 Å². The molecule has 0 amide bonds. The van der Waals surface area contributed by atoms with Crippen LogP contribution in [0.4, 0.5) is 5.69 Å². The van der Waals surface area contributed by atoms with E-state index in [2.05, 4.69) is 90.2 Å². The Morgan fingerprint density at radius 2 is 1.90 bits per heavy atom. The van der Waals surface area contributed by atoms with Crippen LogP contribution in [0.2, 0.25) is 0 Å². The zero-order valence-electron chi connectivity index (χ0n) is 16.8. The van der Waals surface area contributed by atoms with Crippen LogP contribution in [0.1, 0.15) is 25.8 Å². The van der Waals surface area contributed by atoms with Gasteiger partial charge in [-0.3, -0.25) is 0 Å². The van der Waals surface area contributed by atoms with Crippen LogP contribution in [0, 0.1) is 0 Å². The van der Waals surface area contributed by atoms with Gasteiger partial charge in [0.25, 0.3) is 5.01 Å². The minimum Gasteiger partial charge on any atom is -0.335 e. The van der Waals surface area contributed by atoms with Gasteiger partial charge in [0.2, 0.25) is 5.52 Å². The molecule has 4 aromatic rings. The Morgan fingerprint density at radius 3 is 2.72 bits per heavy atom. The third kappa shape index (κ3) is 3.21. The smallest absolute Gasteiger partial charge is 0.263 e. The van der Waals surface area contributed by atoms with Crippen LogP contribution in [-0.4, -0.2) is 6.54 Å². The van der Waals surface area contributed by atoms with Crippen molar-refractivity contribution in [2.24, 2.45) is 0 Å². The van der Waals surface area contributed by atoms with Crippen molar-refractivity contribution in [3.8, 4) is 0 Å². The van der Waals surface area contributed by atoms with Crippen molar-refractivity contribution >= 4 is 66.5 Å². The molecule has 2 aromatic heterocycles. The lowest BCUT2D eigenvalue weighted by Crippen LogP contribution is -2.33. The first kappa shape index (κ1) is 18.9. The minimum absolute atomic E-state index is 0.978. The van der Waals surface area contributed by atoms with Crippen molar-refractivity contribution in [1.29, 1.82) is 0 Å². The van der Waals surface area contributed by atoms with Gasteiger partial charge in [-0.25, -0.2) is 0 Å². The highest BCUT2D eigenvalue weighted by atomic mass is 32.2. The van der Waals surface area contributed by atoms with Crippen molar-refractivity contribution in [2.45, 2.75) is 32.2 Å². The lowest BCUT2D eigenvalue weighted by atomic mass is 10.2. The number of fused-ring (bicyclic) bond motifs is 4. The summed E-state index contributed by atoms with van der Waals surface area (Å²) in [6, 6.07) is 15.5. The van der Waals surface area contributed by atoms with Crippen molar-refractivity contribution in [3.05, 3.63) is 69.5 Å². The molecule has 0 saturated carbocycles. The largest absolute Gasteiger partial charge is 0.335 e. The summed E-state index contributed by atoms with van der Waals surface area (Å²) in [7, 11) is 0. The summed E-state index contributed by atoms with van der Waals surface area (Å²) in [6.45, 7) is 8.64. The van der Waals surface area contributed by atoms with Gasteiger partial charge < -0.3 is 4.90 Å². The summed E-state index contributed by atoms with van der Waals surface area (Å²) in [4.78, 5) is 3.75. The Bertz CT molecular complexity index is 1280. The molecule has 2 aromatic carbocycles. The molecule has 2 nitrogen and oxygen atoms in total. The Hall–Kier alpha value is -2.08. The normalized spacial score (nSPS) is 15.8. The van der Waals surface area contributed by atoms with Gasteiger partial charge in [0.1, 0.15) is 11.2 Å². The SMILES string of the molecule is CCN1C(=CC(C)=Cc2sc3ccc4sccc4c3[n+]2CC)Sc2ccccc21. The number of anilines is 1. The monoisotopic (exact) mass is 435 g/mol. The van der Waals surface area contributed by atoms with Crippen molar-refractivity contribution in [2.75, 3.05) is 11.4 Å². The highest BCUT2D eigenvalue weighted by Crippen LogP contribution is 2.46. The molecule has 1 aliphatic rings. The summed E-state index contributed by atoms with van der Waals surface area (Å²) in [6.07, 6.45) is 4.68. The number of thioether (sulfide) groups is 1. The van der Waals surface area contributed by atoms with E-state index < -0.39 is 0 Å². The number of nitrogens with zero attached hydrogens (tertiary/aromatic N) is 2. The first-order chi connectivity index (χ1) is 14.2. The van der Waals surface area contributed by atoms with Crippen LogP contribution in [-0.2, 0) is 6.54 Å². The molecule has 5 rings (SSSR count). The average molecular weight is 436 g/mol. The van der Waals surface area contributed by atoms with Crippen LogP contribution in [0.25, 0.3) is 26.4 Å². The number of thiophene rings is 1. The highest BCUT2D eigenvalue weighted by molar-refractivity contribution is 8.03. The number of benzene rings is 2. The standard InChI is InChI=1S/C24H23N2S3/c1-4-25-18-8-6-7-9-20(18)28-22(25)14-16(3)15-23-26(5-2)24-17-12-13-27-19(17)10-11-21(24)29-23/h6-15H,4-5H2,1-3H3/q+1. The Labute approximate surface area is 183 Å². The van der Waals surface area contributed by atoms with E-state index in [1.54, 1.807) is 0 Å². The molecule has 146 valence electrons. The molecule has 0 bridgehead atoms. The minimum atomic E-state index is 0.978. The molecule has 29 heavy (non-hydrogen) atoms. The predicted octanol–water partition coefficient (Wildman–Crippen LogP) is 7.30. The highest BCUT2D eigenvalue weighted by Gasteiger charge is 2.24. The fourth-order valence-electron chi connectivity index (χ4n) is 3.99. The fraction of sp³-hybridized carbons (Fsp3) is 0.208. The van der Waals surface area contributed by atoms with Crippen LogP contribution in [0.15, 0.2) is 69.4 Å². The number of aromatic nitrogens is 1. The van der Waals surface area contributed by atoms with Crippen LogP contribution < -0.4 is 9.47 Å². The summed E-state index contributed by atoms with van der Waals surface area (Å²) in [5, 5.41) is 6.20. The molecule has 1 aliphatic heterocycles. The maximum atomic E-state index is 2.46. The second-order valence-corrected chi connectivity index (χ2v) is 10.2. The Morgan fingerprint density at radius 1 is 1.07 bits per heavy atom. The topological polar surface area (TPSA) is 7.12 Å². The van der Waals surface area contributed by atoms with Gasteiger partial charge >= 0.3 is 0 Å². The van der Waals surface area contributed by atoms with E-state index in [-0.39, 0.29) is 0 Å². The number of rotatable bonds is 4. The van der Waals surface area contributed by atoms with E-state index in [4.69, 9.17) is 0 Å². The Balaban J connectivity index is 1.57. The third-order valence-electron chi connectivity index (χ3n) is 5.29. The predicted molar refractivity (Wildman–Crippen MR) is 130 cm³/mol. The van der Waals surface area contributed by atoms with Crippen molar-refractivity contribution in [1.82, 2.24) is 0 Å². The molecule has 0 spiro atoms. The summed E-state index contributed by atoms with van der Waals surface area (Å²) < 4.78 is 5.19. The van der Waals surface area contributed by atoms with E-state index in [0.717, 1.165) is 13.1 Å². The molecule has 5 heteroatoms. The van der Waals surface area contributed by atoms with E-state index in [1.165, 1.54) is 46.5 Å². The van der Waals surface area contributed by atoms with Gasteiger partial charge in [-0.2, -0.15) is 4.57 Å². The molecule has 3 heterocycles. The van der Waals surface area contributed by atoms with Crippen molar-refractivity contribution < 1.29 is 4.57 Å². The van der Waals surface area contributed by atoms with Crippen LogP contribution in [0.3, 0.4) is 0 Å². The van der Waals surface area contributed by atoms with Gasteiger partial charge in [0.05, 0.1) is 16.1 Å². The molecule has 0 unspecified atom stereocenters. The van der Waals surface area contributed by atoms with E-state index in [1.807, 2.05) is 34.4 Å². The number of aryl methyl sites for hydroxylation is 1. The second kappa shape index (κ2) is 7.63. The lowest BCUT2D eigenvalue weighted by Gasteiger charge is -2.17. The molecular weight excluding hydrogens is 412 g/mol. The summed E-state index contributed by atoms with van der Waals surface area (Å²) >= 11 is 5.58. The van der Waals surface area contributed by atoms with Gasteiger partial charge in [-0.05, 0) is 68.1 Å². The first-order valence-corrected chi connectivity index (χ1v) is 12.5. The third-order valence-corrected chi connectivity index (χ3v) is 8.38. The van der Waals surface area contributed by atoms with Crippen LogP contribution >= 0.6 is 34.4 Å². The molecule has 0 radical (unpaired) electrons. The zero-order chi connectivity index (χ0) is 20.0. The van der Waals surface area contributed by atoms with E-state index >= 15 is 0 Å². The van der Waals surface area contributed by atoms with Gasteiger partial charge in [0.15, 0.2) is 0 Å². The number of thiazole rings is 1. The molecule has 0 saturated heterocycles. The number of para-hydroxylation sites is 1. The number of hydrogen-bond acceptors (Lipinski definition) is 4. The molecule has 0 fully saturated rings. The first-order valence-electron chi connectivity index (χ1n) is 9.96. The maximum Gasteiger partial charge on any atom is 0.263 e. The second-order valence-electron chi connectivity index (χ2n) is 7.11. The summed E-state index contributed by atoms with van der Waals surface area (Å²) in [5.74, 6) is 0. The molecule has 0 N–H and O–H groups in total. The summed E-state index contributed by atoms with van der Waals surface area (Å²) in [5.41, 5.74) is 3.99. The van der Waals surface area contributed by atoms with Crippen molar-refractivity contribution in [3.63, 3.8) is 0 Å². The maximum absolute atomic E-state index is 2.46. The average Bonchev–Trinajstić information content (AvgIpc) is 3.41. The van der Waals surface area contributed by atoms with E-state index in [0.29, 0.717) is 0 Å². The zero-order valence-corrected chi connectivity index (χ0v) is 19.3. The van der Waals surface area contributed by atoms with Gasteiger partial charge in [0, 0.05) is 22.2 Å². The molecular formula is C24H23N2S3+. The van der Waals surface area contributed by atoms with Gasteiger partial charge in [-0.15, -0.1) is 11.3 Å². The lowest BCUT2D eigenvalue weighted by molar-refractivity contribution is -0.664. The fourth-order valence-corrected chi connectivity index (χ4v) is 7.27. The molecule has 0 atom stereocenters. The van der Waals surface area contributed by atoms with E-state index in [9.17, 15) is 0 Å². The number of hydrogen-bond donors (Lipinski definition) is 0. The van der Waals surface area contributed by atoms with Gasteiger partial charge in [-0.1, -0.05) is 35.2 Å². The quantitative estimate of drug-likeness (QED) is 0.310. The molecule has 0 aliphatic carbocycles. The Kier molecular flexibility index (Phi) is 4.98. The number of allylic oxidation sites excluding steroid dienone is 2.